The Morgan fingerprint density at radius 2 is 1.29 bits per heavy atom. The minimum absolute atomic E-state index is 0.306. The number of rotatable bonds is 25. The molecule has 69 heavy (non-hydrogen) atoms. The maximum Gasteiger partial charge on any atom is 0.404 e. The van der Waals surface area contributed by atoms with E-state index in [9.17, 15) is 64.1 Å². The number of phosphoric ester groups is 1. The molecule has 0 aromatic heterocycles. The smallest absolute Gasteiger partial charge is 0.404 e. The first-order valence-corrected chi connectivity index (χ1v) is 23.3. The average Bonchev–Trinajstić information content (AvgIpc) is 3.24. The molecular weight excluding hydrogens is 945 g/mol. The van der Waals surface area contributed by atoms with Gasteiger partial charge in [0.1, 0.15) is 42.7 Å². The highest BCUT2D eigenvalue weighted by Crippen LogP contribution is 2.44. The van der Waals surface area contributed by atoms with Crippen LogP contribution in [0.1, 0.15) is 67.2 Å². The van der Waals surface area contributed by atoms with Gasteiger partial charge in [0.2, 0.25) is 17.7 Å². The molecule has 0 saturated carbocycles. The molecule has 0 aromatic rings. The van der Waals surface area contributed by atoms with Gasteiger partial charge in [-0.05, 0) is 53.4 Å². The number of aliphatic hydroxyl groups is 5. The molecule has 3 aliphatic heterocycles. The van der Waals surface area contributed by atoms with Gasteiger partial charge in [-0.15, -0.1) is 0 Å². The van der Waals surface area contributed by atoms with Gasteiger partial charge in [-0.25, -0.2) is 4.79 Å². The molecule has 0 bridgehead atoms. The Bertz CT molecular complexity index is 1890. The molecule has 3 rings (SSSR count). The third-order valence-electron chi connectivity index (χ3n) is 10.9. The van der Waals surface area contributed by atoms with Crippen LogP contribution in [0.2, 0.25) is 0 Å². The van der Waals surface area contributed by atoms with Crippen LogP contribution >= 0.6 is 7.82 Å². The molecule has 394 valence electrons. The zero-order valence-corrected chi connectivity index (χ0v) is 39.9. The normalized spacial score (nSPS) is 33.3. The van der Waals surface area contributed by atoms with Crippen molar-refractivity contribution in [3.05, 3.63) is 34.9 Å². The Balaban J connectivity index is 1.89. The number of carboxylic acid groups (broad SMARTS) is 1. The summed E-state index contributed by atoms with van der Waals surface area (Å²) in [5, 5.41) is 70.4. The summed E-state index contributed by atoms with van der Waals surface area (Å²) in [6.45, 7) is 6.56. The highest BCUT2D eigenvalue weighted by atomic mass is 31.2. The third kappa shape index (κ3) is 18.0. The van der Waals surface area contributed by atoms with Crippen LogP contribution in [0.15, 0.2) is 34.9 Å². The average molecular weight is 1010 g/mol. The van der Waals surface area contributed by atoms with Gasteiger partial charge in [-0.1, -0.05) is 34.9 Å². The second-order valence-electron chi connectivity index (χ2n) is 16.8. The predicted molar refractivity (Wildman–Crippen MR) is 230 cm³/mol. The Morgan fingerprint density at radius 1 is 0.739 bits per heavy atom. The number of primary amides is 2. The van der Waals surface area contributed by atoms with E-state index in [1.807, 2.05) is 20.8 Å². The van der Waals surface area contributed by atoms with E-state index in [0.717, 1.165) is 32.3 Å². The number of ether oxygens (including phenoxy) is 7. The van der Waals surface area contributed by atoms with Crippen molar-refractivity contribution in [3.63, 3.8) is 0 Å². The topological polar surface area (TPSA) is 435 Å². The fraction of sp³-hybridized carbons (Fsp3) is 0.732. The molecular formula is C41H66N5O22P-2. The standard InChI is InChI=1S/C41H68N5O22P/c1-18(2)9-7-10-19(3)11-8-12-20(4)13-14-60-25(37(55)56)17-61-69(58,59)68-40-35(33(67-41(44)57)31(53)34(65-40)36(43)54)66-39-28(46-22(6)50)30(52)32(24(16-48)63-39)64-38-27(45-21(5)49)26(42)29(51)23(15-47)62-38/h9,11,13,23-35,38-40,47-48,51-53H,7-8,10,12,14-17,42H2,1-6H3,(H2,43,54)(H2,44,57)(H,45,49)(H,46,50)(H,55,56)(H,58,59)/p-2/b19-11+,20-13-/t23?,24?,25-,26-,27?,28?,29-,30-,31?,32-,33+,34?,35+,38+,39+,40?/m1/s1. The first kappa shape index (κ1) is 59.3. The van der Waals surface area contributed by atoms with Gasteiger partial charge < -0.3 is 106 Å². The van der Waals surface area contributed by atoms with E-state index in [1.165, 1.54) is 11.1 Å². The van der Waals surface area contributed by atoms with Crippen molar-refractivity contribution in [2.75, 3.05) is 26.4 Å². The second kappa shape index (κ2) is 27.6. The molecule has 0 radical (unpaired) electrons. The summed E-state index contributed by atoms with van der Waals surface area (Å²) in [6.07, 6.45) is -18.6. The van der Waals surface area contributed by atoms with Gasteiger partial charge in [0, 0.05) is 13.8 Å². The number of carbonyl (C=O) groups excluding carboxylic acids is 5. The van der Waals surface area contributed by atoms with E-state index < -0.39 is 155 Å². The van der Waals surface area contributed by atoms with Gasteiger partial charge in [-0.3, -0.25) is 23.5 Å². The van der Waals surface area contributed by atoms with E-state index in [-0.39, 0.29) is 6.61 Å². The highest BCUT2D eigenvalue weighted by molar-refractivity contribution is 7.45. The van der Waals surface area contributed by atoms with Crippen molar-refractivity contribution in [3.8, 4) is 0 Å². The minimum Gasteiger partial charge on any atom is -0.756 e. The van der Waals surface area contributed by atoms with Crippen molar-refractivity contribution in [2.45, 2.75) is 165 Å². The number of allylic oxidation sites excluding steroid dienone is 5. The van der Waals surface area contributed by atoms with Gasteiger partial charge in [-0.2, -0.15) is 0 Å². The summed E-state index contributed by atoms with van der Waals surface area (Å²) < 4.78 is 62.3. The predicted octanol–water partition coefficient (Wildman–Crippen LogP) is -4.66. The maximum absolute atomic E-state index is 13.4. The summed E-state index contributed by atoms with van der Waals surface area (Å²) >= 11 is 0. The number of carboxylic acids is 1. The number of nitrogens with two attached hydrogens (primary N) is 3. The zero-order chi connectivity index (χ0) is 51.9. The van der Waals surface area contributed by atoms with Crippen LogP contribution in [0.3, 0.4) is 0 Å². The number of aliphatic hydroxyl groups excluding tert-OH is 5. The van der Waals surface area contributed by atoms with Gasteiger partial charge in [0.25, 0.3) is 7.82 Å². The van der Waals surface area contributed by atoms with E-state index >= 15 is 0 Å². The van der Waals surface area contributed by atoms with Crippen LogP contribution in [-0.4, -0.2) is 180 Å². The lowest BCUT2D eigenvalue weighted by Gasteiger charge is -2.50. The van der Waals surface area contributed by atoms with Crippen LogP contribution in [0.4, 0.5) is 4.79 Å². The maximum atomic E-state index is 13.4. The van der Waals surface area contributed by atoms with Crippen molar-refractivity contribution in [2.24, 2.45) is 17.2 Å². The molecule has 0 spiro atoms. The quantitative estimate of drug-likeness (QED) is 0.0304. The number of nitrogens with one attached hydrogen (secondary N) is 2. The van der Waals surface area contributed by atoms with Gasteiger partial charge in [0.15, 0.2) is 37.2 Å². The zero-order valence-electron chi connectivity index (χ0n) is 39.0. The minimum atomic E-state index is -5.87. The van der Waals surface area contributed by atoms with Crippen LogP contribution in [0.25, 0.3) is 0 Å². The van der Waals surface area contributed by atoms with Crippen molar-refractivity contribution in [1.82, 2.24) is 10.6 Å². The lowest BCUT2D eigenvalue weighted by molar-refractivity contribution is -0.359. The molecule has 0 aromatic carbocycles. The first-order chi connectivity index (χ1) is 32.3. The Labute approximate surface area is 397 Å². The molecule has 13 N–H and O–H groups in total. The molecule has 8 unspecified atom stereocenters. The molecule has 28 heteroatoms. The van der Waals surface area contributed by atoms with Gasteiger partial charge >= 0.3 is 6.09 Å². The fourth-order valence-electron chi connectivity index (χ4n) is 7.40. The Morgan fingerprint density at radius 3 is 1.84 bits per heavy atom. The molecule has 17 atom stereocenters. The Kier molecular flexibility index (Phi) is 23.7. The molecule has 0 aliphatic carbocycles. The van der Waals surface area contributed by atoms with Crippen LogP contribution < -0.4 is 37.8 Å². The number of hydrogen-bond donors (Lipinski definition) is 10. The van der Waals surface area contributed by atoms with E-state index in [4.69, 9.17) is 59.4 Å². The molecule has 3 heterocycles. The SMILES string of the molecule is CC(=O)NC1[C@H](O[C@@H]2C(CO)O[C@@H](O[C@@H]3C(OP(=O)([O-])OC[C@@H](OC/C=C(/C)CC/C=C(\C)CCC=C(C)C)C(=O)[O-])OC(C(N)=O)C(O)[C@@H]3OC(N)=O)C(NC(C)=O)[C@H]2O)OC(CO)[C@@H](O)[C@@H]1N. The molecule has 27 nitrogen and oxygen atoms in total. The lowest BCUT2D eigenvalue weighted by atomic mass is 9.93. The molecule has 3 saturated heterocycles. The number of carbonyl (C=O) groups is 5. The molecule has 3 fully saturated rings. The lowest BCUT2D eigenvalue weighted by Crippen LogP contribution is -2.71. The first-order valence-electron chi connectivity index (χ1n) is 21.8. The second-order valence-corrected chi connectivity index (χ2v) is 18.2. The summed E-state index contributed by atoms with van der Waals surface area (Å²) in [5.74, 6) is -4.89. The number of hydrogen-bond acceptors (Lipinski definition) is 23. The van der Waals surface area contributed by atoms with Crippen molar-refractivity contribution >= 4 is 37.6 Å². The van der Waals surface area contributed by atoms with Gasteiger partial charge in [0.05, 0.1) is 50.6 Å². The van der Waals surface area contributed by atoms with E-state index in [0.29, 0.717) is 12.8 Å². The third-order valence-corrected chi connectivity index (χ3v) is 11.9. The summed E-state index contributed by atoms with van der Waals surface area (Å²) in [6, 6.07) is -4.51. The summed E-state index contributed by atoms with van der Waals surface area (Å²) in [7, 11) is -5.87. The Hall–Kier alpha value is -4.00. The molecule has 3 aliphatic rings. The number of phosphoric acid groups is 1. The van der Waals surface area contributed by atoms with E-state index in [2.05, 4.69) is 22.8 Å². The van der Waals surface area contributed by atoms with Crippen LogP contribution in [0, 0.1) is 0 Å². The number of amides is 4. The monoisotopic (exact) mass is 1010 g/mol. The molecule has 4 amide bonds. The summed E-state index contributed by atoms with van der Waals surface area (Å²) in [5.41, 5.74) is 20.0. The van der Waals surface area contributed by atoms with Crippen molar-refractivity contribution < 1.29 is 106 Å². The van der Waals surface area contributed by atoms with Crippen molar-refractivity contribution in [1.29, 1.82) is 0 Å². The van der Waals surface area contributed by atoms with Crippen LogP contribution in [0.5, 0.6) is 0 Å². The van der Waals surface area contributed by atoms with Crippen LogP contribution in [-0.2, 0) is 65.9 Å². The fourth-order valence-corrected chi connectivity index (χ4v) is 8.20. The number of aliphatic carboxylic acids is 1. The summed E-state index contributed by atoms with van der Waals surface area (Å²) in [4.78, 5) is 74.5. The van der Waals surface area contributed by atoms with E-state index in [1.54, 1.807) is 13.0 Å². The highest BCUT2D eigenvalue weighted by Gasteiger charge is 2.56. The largest absolute Gasteiger partial charge is 0.756 e.